The molecule has 0 spiro atoms. The van der Waals surface area contributed by atoms with Crippen LogP contribution < -0.4 is 5.56 Å². The van der Waals surface area contributed by atoms with Gasteiger partial charge < -0.3 is 4.90 Å². The van der Waals surface area contributed by atoms with E-state index in [1.165, 1.54) is 21.5 Å². The van der Waals surface area contributed by atoms with Gasteiger partial charge in [0.15, 0.2) is 15.0 Å². The summed E-state index contributed by atoms with van der Waals surface area (Å²) in [5, 5.41) is 1.68. The van der Waals surface area contributed by atoms with E-state index in [2.05, 4.69) is 6.92 Å². The minimum atomic E-state index is -3.09. The molecule has 2 aliphatic rings. The summed E-state index contributed by atoms with van der Waals surface area (Å²) in [5.41, 5.74) is 1.62. The number of hydrogen-bond acceptors (Lipinski definition) is 7. The summed E-state index contributed by atoms with van der Waals surface area (Å²) in [4.78, 5) is 35.1. The Kier molecular flexibility index (Phi) is 6.76. The van der Waals surface area contributed by atoms with Gasteiger partial charge in [-0.2, -0.15) is 0 Å². The molecule has 186 valence electrons. The molecule has 1 aliphatic heterocycles. The average molecular weight is 552 g/mol. The Morgan fingerprint density at radius 1 is 1.29 bits per heavy atom. The van der Waals surface area contributed by atoms with Gasteiger partial charge in [-0.3, -0.25) is 14.2 Å². The molecule has 0 unspecified atom stereocenters. The molecule has 1 amide bonds. The van der Waals surface area contributed by atoms with Crippen molar-refractivity contribution in [2.75, 3.05) is 24.3 Å². The van der Waals surface area contributed by atoms with Crippen LogP contribution in [-0.2, 0) is 27.5 Å². The molecule has 1 aliphatic carbocycles. The van der Waals surface area contributed by atoms with Gasteiger partial charge in [0.25, 0.3) is 5.56 Å². The van der Waals surface area contributed by atoms with Gasteiger partial charge in [-0.05, 0) is 61.4 Å². The minimum Gasteiger partial charge on any atom is -0.341 e. The van der Waals surface area contributed by atoms with Gasteiger partial charge in [-0.25, -0.2) is 13.4 Å². The number of aryl methyl sites for hydroxylation is 1. The Morgan fingerprint density at radius 2 is 2.03 bits per heavy atom. The number of halogens is 1. The predicted octanol–water partition coefficient (Wildman–Crippen LogP) is 3.96. The number of amides is 1. The number of sulfone groups is 1. The van der Waals surface area contributed by atoms with E-state index >= 15 is 0 Å². The molecule has 0 radical (unpaired) electrons. The topological polar surface area (TPSA) is 89.3 Å². The molecule has 0 N–H and O–H groups in total. The van der Waals surface area contributed by atoms with E-state index < -0.39 is 9.84 Å². The molecule has 7 nitrogen and oxygen atoms in total. The van der Waals surface area contributed by atoms with E-state index in [1.807, 2.05) is 0 Å². The molecule has 1 saturated heterocycles. The first-order valence-corrected chi connectivity index (χ1v) is 15.5. The highest BCUT2D eigenvalue weighted by molar-refractivity contribution is 7.99. The lowest BCUT2D eigenvalue weighted by Gasteiger charge is -2.23. The lowest BCUT2D eigenvalue weighted by atomic mass is 9.89. The molecular formula is C24H26ClN3O4S3. The van der Waals surface area contributed by atoms with Crippen molar-refractivity contribution in [1.29, 1.82) is 0 Å². The fraction of sp³-hybridized carbons (Fsp3) is 0.458. The second-order valence-corrected chi connectivity index (χ2v) is 14.1. The van der Waals surface area contributed by atoms with E-state index in [-0.39, 0.29) is 34.8 Å². The first-order valence-electron chi connectivity index (χ1n) is 11.5. The van der Waals surface area contributed by atoms with Crippen molar-refractivity contribution in [3.63, 3.8) is 0 Å². The van der Waals surface area contributed by atoms with E-state index in [1.54, 1.807) is 47.2 Å². The van der Waals surface area contributed by atoms with Crippen molar-refractivity contribution in [3.8, 4) is 5.69 Å². The van der Waals surface area contributed by atoms with Gasteiger partial charge in [0.2, 0.25) is 5.91 Å². The fourth-order valence-corrected chi connectivity index (χ4v) is 9.06. The minimum absolute atomic E-state index is 0.00122. The zero-order valence-corrected chi connectivity index (χ0v) is 22.7. The van der Waals surface area contributed by atoms with Crippen LogP contribution in [0.4, 0.5) is 0 Å². The molecule has 1 fully saturated rings. The number of thiophene rings is 1. The molecule has 2 aromatic heterocycles. The zero-order chi connectivity index (χ0) is 24.9. The largest absolute Gasteiger partial charge is 0.341 e. The normalized spacial score (nSPS) is 21.2. The molecule has 35 heavy (non-hydrogen) atoms. The van der Waals surface area contributed by atoms with Crippen LogP contribution in [-0.4, -0.2) is 59.1 Å². The first kappa shape index (κ1) is 24.8. The summed E-state index contributed by atoms with van der Waals surface area (Å²) in [6, 6.07) is 6.70. The fourth-order valence-electron chi connectivity index (χ4n) is 4.80. The van der Waals surface area contributed by atoms with Crippen LogP contribution in [0.1, 0.15) is 30.2 Å². The van der Waals surface area contributed by atoms with Crippen molar-refractivity contribution in [2.45, 2.75) is 43.8 Å². The number of carbonyl (C=O) groups excluding carboxylic acids is 1. The van der Waals surface area contributed by atoms with Gasteiger partial charge in [0.1, 0.15) is 4.83 Å². The van der Waals surface area contributed by atoms with Gasteiger partial charge >= 0.3 is 0 Å². The molecule has 0 saturated carbocycles. The summed E-state index contributed by atoms with van der Waals surface area (Å²) < 4.78 is 25.2. The van der Waals surface area contributed by atoms with Gasteiger partial charge in [0, 0.05) is 23.0 Å². The monoisotopic (exact) mass is 551 g/mol. The van der Waals surface area contributed by atoms with E-state index in [4.69, 9.17) is 16.6 Å². The standard InChI is InChI=1S/C24H26ClN3O4S3/c1-14-3-8-18-19(11-14)34-22-21(18)23(30)28(16-6-4-15(25)5-7-16)24(26-22)33-12-20(29)27(2)17-9-10-35(31,32)13-17/h4-7,14,17H,3,8-13H2,1-2H3/t14-,17+/m1/s1. The third-order valence-electron chi connectivity index (χ3n) is 6.86. The van der Waals surface area contributed by atoms with Crippen molar-refractivity contribution in [2.24, 2.45) is 5.92 Å². The molecule has 5 rings (SSSR count). The number of fused-ring (bicyclic) bond motifs is 3. The average Bonchev–Trinajstić information content (AvgIpc) is 3.36. The zero-order valence-electron chi connectivity index (χ0n) is 19.5. The molecule has 1 aromatic carbocycles. The number of nitrogens with zero attached hydrogens (tertiary/aromatic N) is 3. The lowest BCUT2D eigenvalue weighted by molar-refractivity contribution is -0.128. The summed E-state index contributed by atoms with van der Waals surface area (Å²) in [6.07, 6.45) is 3.32. The van der Waals surface area contributed by atoms with Gasteiger partial charge in [0.05, 0.1) is 28.3 Å². The Labute approximate surface area is 217 Å². The Hall–Kier alpha value is -1.88. The highest BCUT2D eigenvalue weighted by Gasteiger charge is 2.33. The first-order chi connectivity index (χ1) is 16.6. The Morgan fingerprint density at radius 3 is 2.71 bits per heavy atom. The van der Waals surface area contributed by atoms with Crippen LogP contribution >= 0.6 is 34.7 Å². The van der Waals surface area contributed by atoms with Crippen LogP contribution in [0.15, 0.2) is 34.2 Å². The van der Waals surface area contributed by atoms with E-state index in [0.29, 0.717) is 38.4 Å². The highest BCUT2D eigenvalue weighted by Crippen LogP contribution is 2.37. The van der Waals surface area contributed by atoms with Crippen LogP contribution in [0.5, 0.6) is 0 Å². The molecule has 0 bridgehead atoms. The maximum Gasteiger partial charge on any atom is 0.267 e. The summed E-state index contributed by atoms with van der Waals surface area (Å²) in [6.45, 7) is 2.23. The molecule has 3 heterocycles. The number of benzene rings is 1. The van der Waals surface area contributed by atoms with Crippen molar-refractivity contribution < 1.29 is 13.2 Å². The molecular weight excluding hydrogens is 526 g/mol. The number of carbonyl (C=O) groups is 1. The van der Waals surface area contributed by atoms with Crippen molar-refractivity contribution in [3.05, 3.63) is 50.1 Å². The quantitative estimate of drug-likeness (QED) is 0.352. The van der Waals surface area contributed by atoms with Crippen LogP contribution in [0, 0.1) is 5.92 Å². The van der Waals surface area contributed by atoms with Crippen molar-refractivity contribution >= 4 is 60.7 Å². The molecule has 2 atom stereocenters. The van der Waals surface area contributed by atoms with Gasteiger partial charge in [-0.1, -0.05) is 30.3 Å². The van der Waals surface area contributed by atoms with E-state index in [9.17, 15) is 18.0 Å². The number of aromatic nitrogens is 2. The Balaban J connectivity index is 1.51. The number of hydrogen-bond donors (Lipinski definition) is 0. The summed E-state index contributed by atoms with van der Waals surface area (Å²) in [5.74, 6) is 0.557. The number of rotatable bonds is 5. The maximum atomic E-state index is 13.8. The molecule has 11 heteroatoms. The molecule has 3 aromatic rings. The van der Waals surface area contributed by atoms with Gasteiger partial charge in [-0.15, -0.1) is 11.3 Å². The summed E-state index contributed by atoms with van der Waals surface area (Å²) >= 11 is 8.86. The van der Waals surface area contributed by atoms with E-state index in [0.717, 1.165) is 24.8 Å². The summed E-state index contributed by atoms with van der Waals surface area (Å²) in [7, 11) is -1.45. The second kappa shape index (κ2) is 9.53. The van der Waals surface area contributed by atoms with Crippen LogP contribution in [0.2, 0.25) is 5.02 Å². The number of thioether (sulfide) groups is 1. The third-order valence-corrected chi connectivity index (χ3v) is 10.9. The maximum absolute atomic E-state index is 13.8. The Bertz CT molecular complexity index is 1460. The smallest absolute Gasteiger partial charge is 0.267 e. The second-order valence-electron chi connectivity index (χ2n) is 9.39. The predicted molar refractivity (Wildman–Crippen MR) is 142 cm³/mol. The van der Waals surface area contributed by atoms with Crippen LogP contribution in [0.3, 0.4) is 0 Å². The third kappa shape index (κ3) is 4.90. The van der Waals surface area contributed by atoms with Crippen molar-refractivity contribution in [1.82, 2.24) is 14.5 Å². The van der Waals surface area contributed by atoms with Crippen LogP contribution in [0.25, 0.3) is 15.9 Å². The SMILES string of the molecule is C[C@@H]1CCc2c(sc3nc(SCC(=O)N(C)[C@H]4CCS(=O)(=O)C4)n(-c4ccc(Cl)cc4)c(=O)c23)C1. The highest BCUT2D eigenvalue weighted by atomic mass is 35.5. The lowest BCUT2D eigenvalue weighted by Crippen LogP contribution is -2.39.